The molecule has 0 aliphatic heterocycles. The Morgan fingerprint density at radius 1 is 1.20 bits per heavy atom. The zero-order chi connectivity index (χ0) is 13.9. The van der Waals surface area contributed by atoms with Crippen molar-refractivity contribution in [2.45, 2.75) is 58.4 Å². The van der Waals surface area contributed by atoms with Crippen LogP contribution < -0.4 is 5.32 Å². The molecule has 2 aliphatic rings. The van der Waals surface area contributed by atoms with Crippen LogP contribution in [0.4, 0.5) is 0 Å². The monoisotopic (exact) mass is 271 g/mol. The Morgan fingerprint density at radius 3 is 2.70 bits per heavy atom. The maximum absolute atomic E-state index is 3.74. The third kappa shape index (κ3) is 3.09. The molecule has 2 aliphatic carbocycles. The summed E-state index contributed by atoms with van der Waals surface area (Å²) in [5.41, 5.74) is 2.98. The molecule has 20 heavy (non-hydrogen) atoms. The van der Waals surface area contributed by atoms with E-state index in [0.717, 1.165) is 24.3 Å². The molecule has 0 saturated heterocycles. The van der Waals surface area contributed by atoms with Crippen molar-refractivity contribution in [1.29, 1.82) is 0 Å². The van der Waals surface area contributed by atoms with Gasteiger partial charge in [-0.1, -0.05) is 37.6 Å². The van der Waals surface area contributed by atoms with Gasteiger partial charge in [-0.05, 0) is 74.5 Å². The van der Waals surface area contributed by atoms with Gasteiger partial charge in [-0.15, -0.1) is 0 Å². The summed E-state index contributed by atoms with van der Waals surface area (Å²) >= 11 is 0. The average molecular weight is 271 g/mol. The number of fused-ring (bicyclic) bond motifs is 2. The molecular formula is C19H29N. The first kappa shape index (κ1) is 14.1. The lowest BCUT2D eigenvalue weighted by Crippen LogP contribution is -2.34. The van der Waals surface area contributed by atoms with Gasteiger partial charge in [0, 0.05) is 6.04 Å². The Hall–Kier alpha value is -0.820. The highest BCUT2D eigenvalue weighted by atomic mass is 14.9. The van der Waals surface area contributed by atoms with E-state index in [-0.39, 0.29) is 0 Å². The molecule has 1 aromatic rings. The third-order valence-electron chi connectivity index (χ3n) is 5.69. The summed E-state index contributed by atoms with van der Waals surface area (Å²) < 4.78 is 0. The Balaban J connectivity index is 1.62. The molecule has 4 atom stereocenters. The molecular weight excluding hydrogens is 242 g/mol. The van der Waals surface area contributed by atoms with Gasteiger partial charge in [0.15, 0.2) is 0 Å². The Bertz CT molecular complexity index is 439. The van der Waals surface area contributed by atoms with Gasteiger partial charge in [-0.2, -0.15) is 0 Å². The molecule has 1 aromatic carbocycles. The molecule has 1 nitrogen and oxygen atoms in total. The van der Waals surface area contributed by atoms with Gasteiger partial charge in [-0.25, -0.2) is 0 Å². The van der Waals surface area contributed by atoms with Gasteiger partial charge in [0.05, 0.1) is 0 Å². The van der Waals surface area contributed by atoms with Crippen LogP contribution in [0, 0.1) is 24.7 Å². The van der Waals surface area contributed by atoms with Crippen LogP contribution in [-0.4, -0.2) is 12.6 Å². The average Bonchev–Trinajstić information content (AvgIpc) is 3.04. The minimum Gasteiger partial charge on any atom is -0.314 e. The van der Waals surface area contributed by atoms with Crippen LogP contribution in [-0.2, 0) is 6.42 Å². The molecule has 2 fully saturated rings. The smallest absolute Gasteiger partial charge is 0.0110 e. The van der Waals surface area contributed by atoms with Gasteiger partial charge >= 0.3 is 0 Å². The zero-order valence-electron chi connectivity index (χ0n) is 13.1. The number of benzene rings is 1. The van der Waals surface area contributed by atoms with E-state index in [1.54, 1.807) is 0 Å². The van der Waals surface area contributed by atoms with Crippen LogP contribution in [0.1, 0.15) is 50.2 Å². The van der Waals surface area contributed by atoms with Crippen molar-refractivity contribution >= 4 is 0 Å². The van der Waals surface area contributed by atoms with Crippen molar-refractivity contribution in [3.05, 3.63) is 35.4 Å². The van der Waals surface area contributed by atoms with Crippen molar-refractivity contribution in [3.63, 3.8) is 0 Å². The number of hydrogen-bond donors (Lipinski definition) is 1. The second kappa shape index (κ2) is 6.30. The molecule has 4 unspecified atom stereocenters. The van der Waals surface area contributed by atoms with E-state index in [2.05, 4.69) is 43.4 Å². The van der Waals surface area contributed by atoms with Crippen molar-refractivity contribution in [2.75, 3.05) is 6.54 Å². The van der Waals surface area contributed by atoms with E-state index in [1.165, 1.54) is 49.7 Å². The molecule has 0 radical (unpaired) electrons. The van der Waals surface area contributed by atoms with Crippen molar-refractivity contribution in [2.24, 2.45) is 17.8 Å². The van der Waals surface area contributed by atoms with Crippen molar-refractivity contribution in [1.82, 2.24) is 5.32 Å². The highest BCUT2D eigenvalue weighted by Gasteiger charge is 2.39. The molecule has 1 N–H and O–H groups in total. The Labute approximate surface area is 124 Å². The van der Waals surface area contributed by atoms with Crippen LogP contribution >= 0.6 is 0 Å². The maximum atomic E-state index is 3.74. The van der Waals surface area contributed by atoms with Gasteiger partial charge in [0.25, 0.3) is 0 Å². The highest BCUT2D eigenvalue weighted by molar-refractivity contribution is 5.26. The summed E-state index contributed by atoms with van der Waals surface area (Å²) in [6.07, 6.45) is 8.68. The second-order valence-corrected chi connectivity index (χ2v) is 7.06. The normalized spacial score (nSPS) is 29.8. The summed E-state index contributed by atoms with van der Waals surface area (Å²) in [7, 11) is 0. The van der Waals surface area contributed by atoms with E-state index < -0.39 is 0 Å². The number of nitrogens with one attached hydrogen (secondary N) is 1. The lowest BCUT2D eigenvalue weighted by atomic mass is 9.82. The molecule has 0 amide bonds. The Kier molecular flexibility index (Phi) is 4.45. The summed E-state index contributed by atoms with van der Waals surface area (Å²) in [5, 5.41) is 3.74. The largest absolute Gasteiger partial charge is 0.314 e. The number of rotatable bonds is 6. The van der Waals surface area contributed by atoms with Gasteiger partial charge in [-0.3, -0.25) is 0 Å². The summed E-state index contributed by atoms with van der Waals surface area (Å²) in [5.74, 6) is 3.13. The first-order valence-corrected chi connectivity index (χ1v) is 8.54. The van der Waals surface area contributed by atoms with Crippen LogP contribution in [0.25, 0.3) is 0 Å². The predicted molar refractivity (Wildman–Crippen MR) is 85.9 cm³/mol. The molecule has 1 heteroatoms. The van der Waals surface area contributed by atoms with Gasteiger partial charge < -0.3 is 5.32 Å². The Morgan fingerprint density at radius 2 is 2.05 bits per heavy atom. The summed E-state index contributed by atoms with van der Waals surface area (Å²) in [6, 6.07) is 9.56. The maximum Gasteiger partial charge on any atom is 0.0110 e. The molecule has 110 valence electrons. The SMILES string of the molecule is CCNC(Cc1ccccc1C)CC1CC2CCC1C2. The quantitative estimate of drug-likeness (QED) is 0.811. The van der Waals surface area contributed by atoms with Crippen LogP contribution in [0.15, 0.2) is 24.3 Å². The summed E-state index contributed by atoms with van der Waals surface area (Å²) in [4.78, 5) is 0. The topological polar surface area (TPSA) is 12.0 Å². The van der Waals surface area contributed by atoms with Crippen LogP contribution in [0.5, 0.6) is 0 Å². The third-order valence-corrected chi connectivity index (χ3v) is 5.69. The van der Waals surface area contributed by atoms with Gasteiger partial charge in [0.1, 0.15) is 0 Å². The molecule has 2 bridgehead atoms. The predicted octanol–water partition coefficient (Wildman–Crippen LogP) is 4.34. The number of hydrogen-bond acceptors (Lipinski definition) is 1. The molecule has 0 heterocycles. The van der Waals surface area contributed by atoms with E-state index in [4.69, 9.17) is 0 Å². The van der Waals surface area contributed by atoms with Crippen molar-refractivity contribution < 1.29 is 0 Å². The minimum atomic E-state index is 0.672. The first-order valence-electron chi connectivity index (χ1n) is 8.54. The minimum absolute atomic E-state index is 0.672. The lowest BCUT2D eigenvalue weighted by molar-refractivity contribution is 0.278. The molecule has 2 saturated carbocycles. The van der Waals surface area contributed by atoms with E-state index in [1.807, 2.05) is 0 Å². The molecule has 0 aromatic heterocycles. The molecule has 0 spiro atoms. The van der Waals surface area contributed by atoms with Crippen molar-refractivity contribution in [3.8, 4) is 0 Å². The fourth-order valence-corrected chi connectivity index (χ4v) is 4.66. The van der Waals surface area contributed by atoms with E-state index >= 15 is 0 Å². The zero-order valence-corrected chi connectivity index (χ0v) is 13.1. The highest BCUT2D eigenvalue weighted by Crippen LogP contribution is 2.50. The summed E-state index contributed by atoms with van der Waals surface area (Å²) in [6.45, 7) is 5.58. The van der Waals surface area contributed by atoms with Crippen LogP contribution in [0.2, 0.25) is 0 Å². The fourth-order valence-electron chi connectivity index (χ4n) is 4.66. The fraction of sp³-hybridized carbons (Fsp3) is 0.684. The first-order chi connectivity index (χ1) is 9.76. The standard InChI is InChI=1S/C19H29N/c1-3-20-19(12-16-7-5-4-6-14(16)2)13-18-11-15-8-9-17(18)10-15/h4-7,15,17-20H,3,8-13H2,1-2H3. The number of likely N-dealkylation sites (N-methyl/N-ethyl adjacent to an activating group) is 1. The number of aryl methyl sites for hydroxylation is 1. The second-order valence-electron chi connectivity index (χ2n) is 7.06. The van der Waals surface area contributed by atoms with E-state index in [0.29, 0.717) is 6.04 Å². The lowest BCUT2D eigenvalue weighted by Gasteiger charge is -2.27. The van der Waals surface area contributed by atoms with Gasteiger partial charge in [0.2, 0.25) is 0 Å². The van der Waals surface area contributed by atoms with E-state index in [9.17, 15) is 0 Å². The molecule has 3 rings (SSSR count). The van der Waals surface area contributed by atoms with Crippen LogP contribution in [0.3, 0.4) is 0 Å².